The summed E-state index contributed by atoms with van der Waals surface area (Å²) in [4.78, 5) is 0. The molecular weight excluding hydrogens is 1290 g/mol. The Balaban J connectivity index is 0.000000118. The second kappa shape index (κ2) is 28.8. The van der Waals surface area contributed by atoms with Gasteiger partial charge in [-0.05, 0) is 178 Å². The van der Waals surface area contributed by atoms with Crippen LogP contribution in [0.5, 0.6) is 28.7 Å². The minimum absolute atomic E-state index is 0.249. The van der Waals surface area contributed by atoms with E-state index in [1.807, 2.05) is 60.7 Å². The van der Waals surface area contributed by atoms with E-state index >= 15 is 0 Å². The SMILES string of the molecule is CC(C)c1cccc2ccccc12.COc1ccc(C[N+](C)(C)c2ccc(C)cc2)cc1.O=S(=O)([O-])C(F)(F)F.Oc1ccc(C2(c3ccc(O)cc3)c3ccccc3-c3ccccc32)cc1.Oc1ccc2ccc3cccc4ccc1c2c34.Oc1ccc2ccc3cccc4ccc1c2c34. The van der Waals surface area contributed by atoms with Gasteiger partial charge in [-0.15, -0.1) is 0 Å². The van der Waals surface area contributed by atoms with Crippen LogP contribution in [0.2, 0.25) is 0 Å². The summed E-state index contributed by atoms with van der Waals surface area (Å²) in [7, 11) is 0.0676. The van der Waals surface area contributed by atoms with Crippen molar-refractivity contribution in [3.05, 3.63) is 336 Å². The van der Waals surface area contributed by atoms with Crippen LogP contribution in [0.1, 0.15) is 58.7 Å². The van der Waals surface area contributed by atoms with Gasteiger partial charge in [0, 0.05) is 27.1 Å². The van der Waals surface area contributed by atoms with Crippen molar-refractivity contribution in [3.63, 3.8) is 0 Å². The molecule has 101 heavy (non-hydrogen) atoms. The second-order valence-electron chi connectivity index (χ2n) is 26.0. The number of benzene rings is 16. The average molecular weight is 1360 g/mol. The van der Waals surface area contributed by atoms with Gasteiger partial charge in [0.1, 0.15) is 41.0 Å². The third kappa shape index (κ3) is 14.3. The van der Waals surface area contributed by atoms with E-state index in [0.717, 1.165) is 38.7 Å². The number of methoxy groups -OCH3 is 1. The Morgan fingerprint density at radius 2 is 0.812 bits per heavy atom. The van der Waals surface area contributed by atoms with E-state index in [0.29, 0.717) is 17.4 Å². The lowest BCUT2D eigenvalue weighted by molar-refractivity contribution is -0.0517. The van der Waals surface area contributed by atoms with Crippen molar-refractivity contribution >= 4 is 91.2 Å². The highest BCUT2D eigenvalue weighted by molar-refractivity contribution is 7.86. The maximum Gasteiger partial charge on any atom is 0.485 e. The molecule has 17 rings (SSSR count). The van der Waals surface area contributed by atoms with Crippen molar-refractivity contribution in [1.29, 1.82) is 0 Å². The van der Waals surface area contributed by atoms with Gasteiger partial charge in [0.25, 0.3) is 0 Å². The predicted octanol–water partition coefficient (Wildman–Crippen LogP) is 21.8. The largest absolute Gasteiger partial charge is 0.741 e. The molecule has 0 atom stereocenters. The van der Waals surface area contributed by atoms with E-state index in [2.05, 4.69) is 235 Å². The predicted molar refractivity (Wildman–Crippen MR) is 406 cm³/mol. The normalized spacial score (nSPS) is 12.3. The third-order valence-electron chi connectivity index (χ3n) is 18.8. The Kier molecular flexibility index (Phi) is 19.8. The van der Waals surface area contributed by atoms with Gasteiger partial charge in [-0.1, -0.05) is 244 Å². The summed E-state index contributed by atoms with van der Waals surface area (Å²) in [6, 6.07) is 101. The fraction of sp³-hybridized carbons (Fsp3) is 0.114. The van der Waals surface area contributed by atoms with Crippen molar-refractivity contribution in [2.45, 2.75) is 44.2 Å². The van der Waals surface area contributed by atoms with Crippen LogP contribution < -0.4 is 9.22 Å². The highest BCUT2D eigenvalue weighted by atomic mass is 32.2. The molecule has 9 nitrogen and oxygen atoms in total. The number of fused-ring (bicyclic) bond motifs is 4. The molecule has 0 heterocycles. The molecule has 0 aliphatic heterocycles. The molecule has 0 unspecified atom stereocenters. The summed E-state index contributed by atoms with van der Waals surface area (Å²) in [6.45, 7) is 7.56. The summed E-state index contributed by atoms with van der Waals surface area (Å²) in [5.41, 5.74) is 6.27. The summed E-state index contributed by atoms with van der Waals surface area (Å²) >= 11 is 0. The maximum atomic E-state index is 10.7. The van der Waals surface area contributed by atoms with E-state index < -0.39 is 21.0 Å². The number of rotatable bonds is 7. The number of aromatic hydroxyl groups is 4. The van der Waals surface area contributed by atoms with Gasteiger partial charge in [-0.25, -0.2) is 8.42 Å². The number of phenols is 4. The Labute approximate surface area is 585 Å². The third-order valence-corrected chi connectivity index (χ3v) is 19.3. The van der Waals surface area contributed by atoms with Gasteiger partial charge >= 0.3 is 5.51 Å². The Hall–Kier alpha value is -11.5. The van der Waals surface area contributed by atoms with Crippen molar-refractivity contribution in [2.75, 3.05) is 21.2 Å². The molecular formula is C88H74F3NO8S. The minimum atomic E-state index is -6.09. The fourth-order valence-electron chi connectivity index (χ4n) is 13.9. The lowest BCUT2D eigenvalue weighted by Gasteiger charge is -2.33. The van der Waals surface area contributed by atoms with Gasteiger partial charge in [0.2, 0.25) is 0 Å². The smallest absolute Gasteiger partial charge is 0.485 e. The summed E-state index contributed by atoms with van der Waals surface area (Å²) in [5.74, 6) is 2.72. The van der Waals surface area contributed by atoms with Crippen LogP contribution in [-0.4, -0.2) is 60.1 Å². The summed E-state index contributed by atoms with van der Waals surface area (Å²) in [5, 5.41) is 56.3. The Bertz CT molecular complexity index is 5410. The molecule has 0 bridgehead atoms. The zero-order chi connectivity index (χ0) is 71.4. The van der Waals surface area contributed by atoms with Gasteiger partial charge in [0.15, 0.2) is 10.1 Å². The molecule has 0 fully saturated rings. The van der Waals surface area contributed by atoms with Crippen LogP contribution in [0.15, 0.2) is 297 Å². The molecule has 0 aromatic heterocycles. The quantitative estimate of drug-likeness (QED) is 0.0534. The first-order valence-electron chi connectivity index (χ1n) is 33.0. The van der Waals surface area contributed by atoms with Crippen LogP contribution >= 0.6 is 0 Å². The lowest BCUT2D eigenvalue weighted by Crippen LogP contribution is -2.39. The number of halogens is 3. The van der Waals surface area contributed by atoms with Crippen molar-refractivity contribution in [2.24, 2.45) is 0 Å². The summed E-state index contributed by atoms with van der Waals surface area (Å²) < 4.78 is 64.9. The van der Waals surface area contributed by atoms with Crippen molar-refractivity contribution < 1.29 is 51.3 Å². The first-order chi connectivity index (χ1) is 48.4. The number of alkyl halides is 3. The number of hydrogen-bond donors (Lipinski definition) is 4. The average Bonchev–Trinajstić information content (AvgIpc) is 1.58. The number of aryl methyl sites for hydroxylation is 1. The molecule has 0 radical (unpaired) electrons. The second-order valence-corrected chi connectivity index (χ2v) is 27.3. The van der Waals surface area contributed by atoms with Crippen molar-refractivity contribution in [1.82, 2.24) is 4.48 Å². The van der Waals surface area contributed by atoms with Gasteiger partial charge in [-0.2, -0.15) is 13.2 Å². The van der Waals surface area contributed by atoms with E-state index in [1.165, 1.54) is 109 Å². The highest BCUT2D eigenvalue weighted by Crippen LogP contribution is 2.56. The summed E-state index contributed by atoms with van der Waals surface area (Å²) in [6.07, 6.45) is 0. The zero-order valence-corrected chi connectivity index (χ0v) is 57.3. The number of nitrogens with zero attached hydrogens (tertiary/aromatic N) is 1. The van der Waals surface area contributed by atoms with Crippen molar-refractivity contribution in [3.8, 4) is 39.9 Å². The molecule has 506 valence electrons. The first-order valence-corrected chi connectivity index (χ1v) is 34.4. The monoisotopic (exact) mass is 1360 g/mol. The minimum Gasteiger partial charge on any atom is -0.741 e. The molecule has 13 heteroatoms. The fourth-order valence-corrected chi connectivity index (χ4v) is 13.9. The van der Waals surface area contributed by atoms with Gasteiger partial charge in [0.05, 0.1) is 26.6 Å². The topological polar surface area (TPSA) is 147 Å². The van der Waals surface area contributed by atoms with E-state index in [4.69, 9.17) is 17.7 Å². The van der Waals surface area contributed by atoms with E-state index in [9.17, 15) is 33.6 Å². The molecule has 16 aromatic rings. The van der Waals surface area contributed by atoms with Gasteiger partial charge < -0.3 is 29.7 Å². The molecule has 1 aliphatic carbocycles. The number of phenolic OH excluding ortho intramolecular Hbond substituents is 4. The van der Waals surface area contributed by atoms with E-state index in [1.54, 1.807) is 43.5 Å². The van der Waals surface area contributed by atoms with Crippen LogP contribution in [0.4, 0.5) is 18.9 Å². The molecule has 16 aromatic carbocycles. The molecule has 0 amide bonds. The molecule has 1 aliphatic rings. The zero-order valence-electron chi connectivity index (χ0n) is 56.5. The number of hydrogen-bond acceptors (Lipinski definition) is 8. The maximum absolute atomic E-state index is 10.7. The first kappa shape index (κ1) is 69.4. The molecule has 0 saturated heterocycles. The molecule has 4 N–H and O–H groups in total. The number of quaternary nitrogens is 1. The Morgan fingerprint density at radius 3 is 1.25 bits per heavy atom. The van der Waals surface area contributed by atoms with Crippen LogP contribution in [0.3, 0.4) is 0 Å². The Morgan fingerprint density at radius 1 is 0.436 bits per heavy atom. The highest BCUT2D eigenvalue weighted by Gasteiger charge is 2.46. The molecule has 0 spiro atoms. The van der Waals surface area contributed by atoms with Crippen LogP contribution in [0.25, 0.3) is 86.5 Å². The van der Waals surface area contributed by atoms with Crippen LogP contribution in [-0.2, 0) is 22.1 Å². The van der Waals surface area contributed by atoms with E-state index in [-0.39, 0.29) is 11.5 Å². The van der Waals surface area contributed by atoms with Crippen LogP contribution in [0, 0.1) is 6.92 Å². The number of ether oxygens (including phenoxy) is 1. The lowest BCUT2D eigenvalue weighted by atomic mass is 9.68. The van der Waals surface area contributed by atoms with Gasteiger partial charge in [-0.3, -0.25) is 4.48 Å². The standard InChI is InChI=1S/C25H18O2.C17H22NO.2C16H10O.C13H14.CHF3O3S/c26-19-13-9-17(10-14-19)25(18-11-15-20(27)16-12-18)23-7-3-1-5-21(23)22-6-2-4-8-24(22)25;1-14-5-9-16(10-6-14)18(2,3)13-15-7-11-17(19-4)12-8-15;2*17-14-9-7-12-5-4-10-2-1-3-11-6-8-13(14)16(12)15(10)11;1-10(2)12-9-5-7-11-6-3-4-8-13(11)12;2-1(3,4)8(5,6)7/h1-16,26-27H;5-12H,13H2,1-4H3;2*1-9,17H;3-10H,1-2H3;(H,5,6,7)/q;+1;;;;/p-1. The molecule has 0 saturated carbocycles.